The van der Waals surface area contributed by atoms with Gasteiger partial charge in [-0.05, 0) is 43.4 Å². The van der Waals surface area contributed by atoms with E-state index >= 15 is 0 Å². The summed E-state index contributed by atoms with van der Waals surface area (Å²) < 4.78 is 68.8. The number of hydrogen-bond acceptors (Lipinski definition) is 15. The van der Waals surface area contributed by atoms with Crippen molar-refractivity contribution in [1.29, 1.82) is 0 Å². The molecule has 0 rings (SSSR count). The topological polar surface area (TPSA) is 237 Å². The van der Waals surface area contributed by atoms with Crippen molar-refractivity contribution in [3.05, 3.63) is 0 Å². The van der Waals surface area contributed by atoms with Crippen LogP contribution in [0.3, 0.4) is 0 Å². The van der Waals surface area contributed by atoms with Gasteiger partial charge in [0.15, 0.2) is 12.2 Å². The van der Waals surface area contributed by atoms with Gasteiger partial charge in [0.05, 0.1) is 26.4 Å². The summed E-state index contributed by atoms with van der Waals surface area (Å²) in [5, 5.41) is 10.7. The molecule has 0 aliphatic heterocycles. The highest BCUT2D eigenvalue weighted by Crippen LogP contribution is 2.45. The van der Waals surface area contributed by atoms with Gasteiger partial charge in [-0.25, -0.2) is 9.13 Å². The minimum absolute atomic E-state index is 0.107. The first kappa shape index (κ1) is 99.1. The number of rotatable bonds is 80. The largest absolute Gasteiger partial charge is 0.472 e. The Morgan fingerprint density at radius 2 is 0.455 bits per heavy atom. The Balaban J connectivity index is 5.27. The van der Waals surface area contributed by atoms with Gasteiger partial charge in [0, 0.05) is 25.7 Å². The second-order valence-corrected chi connectivity index (χ2v) is 33.8. The third-order valence-electron chi connectivity index (χ3n) is 19.1. The molecule has 0 fully saturated rings. The van der Waals surface area contributed by atoms with Crippen molar-refractivity contribution in [3.8, 4) is 0 Å². The van der Waals surface area contributed by atoms with Crippen molar-refractivity contribution in [2.24, 2.45) is 17.8 Å². The number of unbranched alkanes of at least 4 members (excludes halogenated alkanes) is 48. The zero-order valence-electron chi connectivity index (χ0n) is 66.4. The molecule has 2 unspecified atom stereocenters. The van der Waals surface area contributed by atoms with E-state index in [1.165, 1.54) is 238 Å². The molecule has 0 heterocycles. The van der Waals surface area contributed by atoms with E-state index in [1.54, 1.807) is 0 Å². The van der Waals surface area contributed by atoms with Crippen molar-refractivity contribution in [2.45, 2.75) is 446 Å². The van der Waals surface area contributed by atoms with E-state index in [2.05, 4.69) is 48.5 Å². The highest BCUT2D eigenvalue weighted by molar-refractivity contribution is 7.47. The van der Waals surface area contributed by atoms with Crippen LogP contribution in [0.2, 0.25) is 0 Å². The van der Waals surface area contributed by atoms with Gasteiger partial charge in [0.2, 0.25) is 0 Å². The molecule has 0 radical (unpaired) electrons. The number of esters is 4. The van der Waals surface area contributed by atoms with Crippen LogP contribution >= 0.6 is 15.6 Å². The van der Waals surface area contributed by atoms with Crippen LogP contribution in [0.15, 0.2) is 0 Å². The summed E-state index contributed by atoms with van der Waals surface area (Å²) in [6.07, 6.45) is 61.0. The number of aliphatic hydroxyl groups is 1. The van der Waals surface area contributed by atoms with Crippen molar-refractivity contribution < 1.29 is 80.2 Å². The average molecular weight is 1480 g/mol. The minimum atomic E-state index is -4.96. The smallest absolute Gasteiger partial charge is 0.462 e. The molecule has 0 aromatic rings. The van der Waals surface area contributed by atoms with Crippen molar-refractivity contribution >= 4 is 39.5 Å². The molecule has 5 atom stereocenters. The van der Waals surface area contributed by atoms with Gasteiger partial charge in [0.1, 0.15) is 19.3 Å². The number of aliphatic hydroxyl groups excluding tert-OH is 1. The molecule has 0 bridgehead atoms. The number of carbonyl (C=O) groups is 4. The maximum atomic E-state index is 13.1. The lowest BCUT2D eigenvalue weighted by molar-refractivity contribution is -0.161. The van der Waals surface area contributed by atoms with Crippen LogP contribution in [0.25, 0.3) is 0 Å². The fraction of sp³-hybridized carbons (Fsp3) is 0.951. The molecule has 101 heavy (non-hydrogen) atoms. The van der Waals surface area contributed by atoms with Gasteiger partial charge in [-0.15, -0.1) is 0 Å². The average Bonchev–Trinajstić information content (AvgIpc) is 1.15. The normalized spacial score (nSPS) is 14.0. The number of phosphoric acid groups is 2. The lowest BCUT2D eigenvalue weighted by Crippen LogP contribution is -2.30. The summed E-state index contributed by atoms with van der Waals surface area (Å²) in [5.74, 6) is 0.203. The molecular weight excluding hydrogens is 1320 g/mol. The standard InChI is InChI=1S/C82H160O17P2/c1-8-9-10-11-12-13-14-15-16-17-18-19-22-29-36-44-51-58-65-81(86)98-77(69-92-79(84)63-56-49-42-35-28-23-20-21-26-32-39-46-53-60-73(2)3)71-96-100(88,89)94-67-76(83)68-95-101(90,91)97-72-78(70-93-80(85)64-57-50-43-38-31-34-41-48-55-62-75(6)7)99-82(87)66-59-52-45-37-30-25-24-27-33-40-47-54-61-74(4)5/h73-78,83H,8-72H2,1-7H3,(H,88,89)(H,90,91)/t76-,77-,78-/m1/s1. The van der Waals surface area contributed by atoms with Crippen LogP contribution in [0.5, 0.6) is 0 Å². The fourth-order valence-electron chi connectivity index (χ4n) is 12.7. The van der Waals surface area contributed by atoms with Crippen LogP contribution in [0.1, 0.15) is 427 Å². The van der Waals surface area contributed by atoms with Crippen LogP contribution in [0, 0.1) is 17.8 Å². The van der Waals surface area contributed by atoms with Crippen molar-refractivity contribution in [2.75, 3.05) is 39.6 Å². The molecule has 0 aromatic carbocycles. The van der Waals surface area contributed by atoms with Gasteiger partial charge >= 0.3 is 39.5 Å². The molecule has 0 spiro atoms. The summed E-state index contributed by atoms with van der Waals surface area (Å²) >= 11 is 0. The molecule has 3 N–H and O–H groups in total. The third kappa shape index (κ3) is 76.1. The Kier molecular flexibility index (Phi) is 70.9. The van der Waals surface area contributed by atoms with E-state index < -0.39 is 97.5 Å². The Bertz CT molecular complexity index is 1960. The van der Waals surface area contributed by atoms with Gasteiger partial charge in [-0.2, -0.15) is 0 Å². The molecule has 0 saturated heterocycles. The van der Waals surface area contributed by atoms with Gasteiger partial charge in [0.25, 0.3) is 0 Å². The van der Waals surface area contributed by atoms with Gasteiger partial charge < -0.3 is 33.8 Å². The molecule has 17 nitrogen and oxygen atoms in total. The second kappa shape index (κ2) is 72.3. The van der Waals surface area contributed by atoms with Gasteiger partial charge in [-0.3, -0.25) is 37.3 Å². The summed E-state index contributed by atoms with van der Waals surface area (Å²) in [4.78, 5) is 73.1. The van der Waals surface area contributed by atoms with E-state index in [1.807, 2.05) is 0 Å². The van der Waals surface area contributed by atoms with Crippen LogP contribution in [-0.2, 0) is 65.4 Å². The zero-order chi connectivity index (χ0) is 74.4. The van der Waals surface area contributed by atoms with E-state index in [4.69, 9.17) is 37.0 Å². The van der Waals surface area contributed by atoms with Crippen LogP contribution in [0.4, 0.5) is 0 Å². The Morgan fingerprint density at radius 1 is 0.267 bits per heavy atom. The highest BCUT2D eigenvalue weighted by Gasteiger charge is 2.30. The molecule has 0 aliphatic carbocycles. The van der Waals surface area contributed by atoms with Crippen LogP contribution in [-0.4, -0.2) is 96.7 Å². The maximum absolute atomic E-state index is 13.1. The molecule has 0 aliphatic rings. The summed E-state index contributed by atoms with van der Waals surface area (Å²) in [7, 11) is -9.92. The first-order valence-electron chi connectivity index (χ1n) is 42.3. The fourth-order valence-corrected chi connectivity index (χ4v) is 14.2. The molecule has 600 valence electrons. The first-order chi connectivity index (χ1) is 48.7. The van der Waals surface area contributed by atoms with Crippen molar-refractivity contribution in [3.63, 3.8) is 0 Å². The molecule has 19 heteroatoms. The van der Waals surface area contributed by atoms with Gasteiger partial charge in [-0.1, -0.05) is 376 Å². The number of carbonyl (C=O) groups excluding carboxylic acids is 4. The lowest BCUT2D eigenvalue weighted by Gasteiger charge is -2.21. The molecule has 0 amide bonds. The predicted molar refractivity (Wildman–Crippen MR) is 414 cm³/mol. The SMILES string of the molecule is CCCCCCCCCCCCCCCCCCCCC(=O)O[C@H](COC(=O)CCCCCCCCCCCCCCCC(C)C)COP(=O)(O)OC[C@@H](O)COP(=O)(O)OC[C@@H](COC(=O)CCCCCCCCCCCC(C)C)OC(=O)CCCCCCCCCCCCCCC(C)C. The quantitative estimate of drug-likeness (QED) is 0.0222. The molecular formula is C82H160O17P2. The predicted octanol–water partition coefficient (Wildman–Crippen LogP) is 24.5. The van der Waals surface area contributed by atoms with E-state index in [-0.39, 0.29) is 25.7 Å². The molecule has 0 aromatic heterocycles. The Labute approximate surface area is 619 Å². The van der Waals surface area contributed by atoms with E-state index in [9.17, 15) is 43.2 Å². The lowest BCUT2D eigenvalue weighted by atomic mass is 10.0. The summed E-state index contributed by atoms with van der Waals surface area (Å²) in [5.41, 5.74) is 0. The zero-order valence-corrected chi connectivity index (χ0v) is 68.2. The third-order valence-corrected chi connectivity index (χ3v) is 21.0. The molecule has 0 saturated carbocycles. The summed E-state index contributed by atoms with van der Waals surface area (Å²) in [6.45, 7) is 12.0. The number of ether oxygens (including phenoxy) is 4. The Morgan fingerprint density at radius 3 is 0.673 bits per heavy atom. The second-order valence-electron chi connectivity index (χ2n) is 30.9. The minimum Gasteiger partial charge on any atom is -0.462 e. The van der Waals surface area contributed by atoms with E-state index in [0.717, 1.165) is 108 Å². The van der Waals surface area contributed by atoms with Crippen molar-refractivity contribution in [1.82, 2.24) is 0 Å². The first-order valence-corrected chi connectivity index (χ1v) is 45.3. The van der Waals surface area contributed by atoms with Crippen LogP contribution < -0.4 is 0 Å². The number of hydrogen-bond donors (Lipinski definition) is 3. The summed E-state index contributed by atoms with van der Waals surface area (Å²) in [6, 6.07) is 0. The highest BCUT2D eigenvalue weighted by atomic mass is 31.2. The van der Waals surface area contributed by atoms with E-state index in [0.29, 0.717) is 25.7 Å². The number of phosphoric ester groups is 2. The monoisotopic (exact) mass is 1480 g/mol. The maximum Gasteiger partial charge on any atom is 0.472 e. The Hall–Kier alpha value is -1.94.